The molecule has 0 saturated heterocycles. The smallest absolute Gasteiger partial charge is 0.191 e. The Morgan fingerprint density at radius 1 is 1.22 bits per heavy atom. The first-order chi connectivity index (χ1) is 13.0. The van der Waals surface area contributed by atoms with E-state index in [1.165, 1.54) is 0 Å². The summed E-state index contributed by atoms with van der Waals surface area (Å²) in [4.78, 5) is 2.12. The number of ether oxygens (including phenoxy) is 1. The number of rotatable bonds is 3. The van der Waals surface area contributed by atoms with Crippen LogP contribution < -0.4 is 10.5 Å². The van der Waals surface area contributed by atoms with Gasteiger partial charge in [0.1, 0.15) is 11.8 Å². The molecule has 2 aliphatic rings. The first-order valence-corrected chi connectivity index (χ1v) is 8.86. The average molecular weight is 359 g/mol. The zero-order valence-corrected chi connectivity index (χ0v) is 15.4. The van der Waals surface area contributed by atoms with Crippen LogP contribution >= 0.6 is 0 Å². The van der Waals surface area contributed by atoms with Crippen molar-refractivity contribution in [3.63, 3.8) is 0 Å². The summed E-state index contributed by atoms with van der Waals surface area (Å²) in [6.07, 6.45) is 1.99. The van der Waals surface area contributed by atoms with E-state index in [4.69, 9.17) is 10.5 Å². The molecule has 136 valence electrons. The van der Waals surface area contributed by atoms with Crippen molar-refractivity contribution in [3.8, 4) is 24.0 Å². The highest BCUT2D eigenvalue weighted by atomic mass is 16.5. The molecule has 0 unspecified atom stereocenters. The second kappa shape index (κ2) is 7.16. The van der Waals surface area contributed by atoms with Crippen LogP contribution in [0, 0.1) is 45.3 Å². The molecule has 0 spiro atoms. The summed E-state index contributed by atoms with van der Waals surface area (Å²) in [5.41, 5.74) is 6.70. The van der Waals surface area contributed by atoms with Gasteiger partial charge in [0.15, 0.2) is 5.41 Å². The fraction of sp³-hybridized carbons (Fsp3) is 0.381. The molecular weight excluding hydrogens is 338 g/mol. The minimum Gasteiger partial charge on any atom is -0.494 e. The van der Waals surface area contributed by atoms with E-state index in [0.717, 1.165) is 16.9 Å². The molecule has 0 radical (unpaired) electrons. The Kier molecular flexibility index (Phi) is 4.91. The van der Waals surface area contributed by atoms with Crippen molar-refractivity contribution in [2.75, 3.05) is 26.7 Å². The molecule has 1 heterocycles. The summed E-state index contributed by atoms with van der Waals surface area (Å²) < 4.78 is 5.51. The van der Waals surface area contributed by atoms with Crippen LogP contribution in [0.15, 0.2) is 47.2 Å². The van der Waals surface area contributed by atoms with E-state index in [9.17, 15) is 15.8 Å². The van der Waals surface area contributed by atoms with Gasteiger partial charge in [0.05, 0.1) is 30.0 Å². The fourth-order valence-electron chi connectivity index (χ4n) is 4.14. The Hall–Kier alpha value is -3.27. The van der Waals surface area contributed by atoms with Crippen molar-refractivity contribution < 1.29 is 4.74 Å². The Bertz CT molecular complexity index is 909. The molecule has 27 heavy (non-hydrogen) atoms. The zero-order chi connectivity index (χ0) is 19.6. The van der Waals surface area contributed by atoms with Crippen LogP contribution in [0.2, 0.25) is 0 Å². The molecule has 0 fully saturated rings. The lowest BCUT2D eigenvalue weighted by Gasteiger charge is -2.45. The second-order valence-electron chi connectivity index (χ2n) is 6.90. The maximum absolute atomic E-state index is 10.00. The number of fused-ring (bicyclic) bond motifs is 1. The summed E-state index contributed by atoms with van der Waals surface area (Å²) in [5, 5.41) is 29.7. The highest BCUT2D eigenvalue weighted by molar-refractivity contribution is 5.59. The van der Waals surface area contributed by atoms with E-state index in [2.05, 4.69) is 23.1 Å². The molecule has 2 N–H and O–H groups in total. The standard InChI is InChI=1S/C21H21N5O/c1-3-27-15-6-4-14(5-7-15)19-18-11-26(2)9-8-16(18)17(10-22)20(25)21(19,12-23)13-24/h4-8,18-19H,3,9,11,25H2,1-2H3/t18-,19+/m0/s1. The van der Waals surface area contributed by atoms with Gasteiger partial charge < -0.3 is 15.4 Å². The van der Waals surface area contributed by atoms with Crippen molar-refractivity contribution in [2.24, 2.45) is 17.1 Å². The van der Waals surface area contributed by atoms with Crippen molar-refractivity contribution in [1.82, 2.24) is 4.90 Å². The number of allylic oxidation sites excluding steroid dienone is 2. The van der Waals surface area contributed by atoms with Crippen LogP contribution in [0.25, 0.3) is 0 Å². The minimum absolute atomic E-state index is 0.0564. The molecule has 0 amide bonds. The first kappa shape index (κ1) is 18.5. The third-order valence-corrected chi connectivity index (χ3v) is 5.40. The van der Waals surface area contributed by atoms with Gasteiger partial charge >= 0.3 is 0 Å². The zero-order valence-electron chi connectivity index (χ0n) is 15.4. The van der Waals surface area contributed by atoms with Gasteiger partial charge in [-0.1, -0.05) is 18.2 Å². The molecular formula is C21H21N5O. The van der Waals surface area contributed by atoms with E-state index in [1.807, 2.05) is 44.3 Å². The van der Waals surface area contributed by atoms with Crippen LogP contribution in [-0.4, -0.2) is 31.6 Å². The van der Waals surface area contributed by atoms with Crippen LogP contribution in [0.4, 0.5) is 0 Å². The van der Waals surface area contributed by atoms with E-state index < -0.39 is 11.3 Å². The number of nitrogens with zero attached hydrogens (tertiary/aromatic N) is 4. The fourth-order valence-corrected chi connectivity index (χ4v) is 4.14. The summed E-state index contributed by atoms with van der Waals surface area (Å²) >= 11 is 0. The van der Waals surface area contributed by atoms with Crippen LogP contribution in [0.5, 0.6) is 5.75 Å². The Morgan fingerprint density at radius 3 is 2.44 bits per heavy atom. The molecule has 0 saturated carbocycles. The molecule has 0 aromatic heterocycles. The summed E-state index contributed by atoms with van der Waals surface area (Å²) in [7, 11) is 1.98. The third-order valence-electron chi connectivity index (χ3n) is 5.40. The Balaban J connectivity index is 2.23. The number of nitriles is 3. The monoisotopic (exact) mass is 359 g/mol. The predicted molar refractivity (Wildman–Crippen MR) is 99.9 cm³/mol. The quantitative estimate of drug-likeness (QED) is 0.887. The first-order valence-electron chi connectivity index (χ1n) is 8.86. The highest BCUT2D eigenvalue weighted by Crippen LogP contribution is 2.54. The summed E-state index contributed by atoms with van der Waals surface area (Å²) in [6.45, 7) is 3.82. The third kappa shape index (κ3) is 2.83. The molecule has 3 rings (SSSR count). The van der Waals surface area contributed by atoms with Crippen LogP contribution in [0.1, 0.15) is 18.4 Å². The van der Waals surface area contributed by atoms with Crippen molar-refractivity contribution in [1.29, 1.82) is 15.8 Å². The number of hydrogen-bond acceptors (Lipinski definition) is 6. The van der Waals surface area contributed by atoms with E-state index in [-0.39, 0.29) is 17.2 Å². The second-order valence-corrected chi connectivity index (χ2v) is 6.90. The van der Waals surface area contributed by atoms with Crippen molar-refractivity contribution in [3.05, 3.63) is 52.7 Å². The van der Waals surface area contributed by atoms with Crippen molar-refractivity contribution >= 4 is 0 Å². The van der Waals surface area contributed by atoms with Gasteiger partial charge in [-0.3, -0.25) is 0 Å². The molecule has 1 aromatic rings. The van der Waals surface area contributed by atoms with Gasteiger partial charge in [-0.15, -0.1) is 0 Å². The van der Waals surface area contributed by atoms with Crippen molar-refractivity contribution in [2.45, 2.75) is 12.8 Å². The number of likely N-dealkylation sites (N-methyl/N-ethyl adjacent to an activating group) is 1. The Labute approximate surface area is 159 Å². The van der Waals surface area contributed by atoms with E-state index in [0.29, 0.717) is 19.7 Å². The molecule has 0 bridgehead atoms. The lowest BCUT2D eigenvalue weighted by molar-refractivity contribution is 0.237. The maximum atomic E-state index is 10.00. The van der Waals surface area contributed by atoms with Gasteiger partial charge in [0.25, 0.3) is 0 Å². The molecule has 1 aliphatic heterocycles. The maximum Gasteiger partial charge on any atom is 0.191 e. The van der Waals surface area contributed by atoms with Gasteiger partial charge in [-0.2, -0.15) is 15.8 Å². The molecule has 2 atom stereocenters. The van der Waals surface area contributed by atoms with Gasteiger partial charge in [0.2, 0.25) is 0 Å². The van der Waals surface area contributed by atoms with E-state index >= 15 is 0 Å². The SMILES string of the molecule is CCOc1ccc([C@@H]2[C@H]3CN(C)CC=C3C(C#N)=C(N)C2(C#N)C#N)cc1. The molecule has 1 aromatic carbocycles. The van der Waals surface area contributed by atoms with Gasteiger partial charge in [0, 0.05) is 24.9 Å². The molecule has 1 aliphatic carbocycles. The number of nitrogens with two attached hydrogens (primary N) is 1. The lowest BCUT2D eigenvalue weighted by Crippen LogP contribution is -2.47. The molecule has 6 nitrogen and oxygen atoms in total. The predicted octanol–water partition coefficient (Wildman–Crippen LogP) is 2.44. The molecule has 6 heteroatoms. The van der Waals surface area contributed by atoms with Crippen LogP contribution in [0.3, 0.4) is 0 Å². The van der Waals surface area contributed by atoms with Gasteiger partial charge in [-0.05, 0) is 37.2 Å². The number of hydrogen-bond donors (Lipinski definition) is 1. The minimum atomic E-state index is -1.58. The Morgan fingerprint density at radius 2 is 1.89 bits per heavy atom. The lowest BCUT2D eigenvalue weighted by atomic mass is 9.58. The average Bonchev–Trinajstić information content (AvgIpc) is 2.68. The topological polar surface area (TPSA) is 110 Å². The number of benzene rings is 1. The van der Waals surface area contributed by atoms with Crippen LogP contribution in [-0.2, 0) is 0 Å². The summed E-state index contributed by atoms with van der Waals surface area (Å²) in [5.74, 6) is 0.103. The van der Waals surface area contributed by atoms with Gasteiger partial charge in [-0.25, -0.2) is 0 Å². The largest absolute Gasteiger partial charge is 0.494 e. The van der Waals surface area contributed by atoms with E-state index in [1.54, 1.807) is 0 Å². The summed E-state index contributed by atoms with van der Waals surface area (Å²) in [6, 6.07) is 13.9. The normalized spacial score (nSPS) is 24.0. The highest BCUT2D eigenvalue weighted by Gasteiger charge is 2.54.